The first kappa shape index (κ1) is 30.0. The van der Waals surface area contributed by atoms with Gasteiger partial charge in [-0.2, -0.15) is 13.2 Å². The third-order valence-electron chi connectivity index (χ3n) is 8.73. The van der Waals surface area contributed by atoms with Gasteiger partial charge in [0.15, 0.2) is 0 Å². The summed E-state index contributed by atoms with van der Waals surface area (Å²) >= 11 is 0. The van der Waals surface area contributed by atoms with E-state index in [0.717, 1.165) is 62.0 Å². The molecule has 3 N–H and O–H groups in total. The standard InChI is InChI=1S/C25H35N7O3.C2HF3O2/c1-28-23-19(3-2-4-20(23)32(25(28)35)21-5-6-22(33)27-24(21)34)30-13-11-29(12-14-30)18-15-31(16-18)17-7-9-26-10-8-17;3-2(4,5)1(6)7/h2-4,17-18,21,26H,5-16H2,1H3,(H,27,33,34);(H,6,7). The highest BCUT2D eigenvalue weighted by Gasteiger charge is 2.39. The number of carbonyl (C=O) groups excluding carboxylic acids is 2. The summed E-state index contributed by atoms with van der Waals surface area (Å²) in [6.07, 6.45) is -1.96. The lowest BCUT2D eigenvalue weighted by Gasteiger charge is -2.51. The van der Waals surface area contributed by atoms with Crippen LogP contribution in [0, 0.1) is 0 Å². The Kier molecular flexibility index (Phi) is 8.62. The quantitative estimate of drug-likeness (QED) is 0.433. The first-order valence-electron chi connectivity index (χ1n) is 14.2. The molecule has 1 aromatic heterocycles. The summed E-state index contributed by atoms with van der Waals surface area (Å²) in [6.45, 7) is 8.52. The van der Waals surface area contributed by atoms with Crippen LogP contribution < -0.4 is 21.2 Å². The summed E-state index contributed by atoms with van der Waals surface area (Å²) in [5.74, 6) is -3.43. The number of anilines is 1. The molecule has 230 valence electrons. The van der Waals surface area contributed by atoms with E-state index in [1.165, 1.54) is 25.9 Å². The minimum absolute atomic E-state index is 0.215. The lowest BCUT2D eigenvalue weighted by molar-refractivity contribution is -0.192. The molecule has 4 aliphatic rings. The van der Waals surface area contributed by atoms with E-state index < -0.39 is 24.1 Å². The average molecular weight is 596 g/mol. The van der Waals surface area contributed by atoms with Crippen molar-refractivity contribution in [1.82, 2.24) is 29.6 Å². The van der Waals surface area contributed by atoms with Crippen molar-refractivity contribution in [1.29, 1.82) is 0 Å². The largest absolute Gasteiger partial charge is 0.490 e. The van der Waals surface area contributed by atoms with Crippen LogP contribution in [0.3, 0.4) is 0 Å². The Bertz CT molecular complexity index is 1390. The molecular weight excluding hydrogens is 559 g/mol. The minimum atomic E-state index is -5.08. The van der Waals surface area contributed by atoms with E-state index >= 15 is 0 Å². The second-order valence-corrected chi connectivity index (χ2v) is 11.2. The van der Waals surface area contributed by atoms with Gasteiger partial charge >= 0.3 is 17.8 Å². The van der Waals surface area contributed by atoms with Gasteiger partial charge in [0, 0.05) is 64.8 Å². The number of piperidine rings is 2. The number of nitrogens with one attached hydrogen (secondary N) is 2. The molecule has 12 nitrogen and oxygen atoms in total. The topological polar surface area (TPSA) is 132 Å². The van der Waals surface area contributed by atoms with Crippen molar-refractivity contribution < 1.29 is 32.7 Å². The second-order valence-electron chi connectivity index (χ2n) is 11.2. The number of benzene rings is 1. The molecule has 0 aliphatic carbocycles. The van der Waals surface area contributed by atoms with Gasteiger partial charge in [0.05, 0.1) is 16.7 Å². The maximum atomic E-state index is 13.2. The number of carboxylic acids is 1. The molecule has 4 fully saturated rings. The van der Waals surface area contributed by atoms with Gasteiger partial charge in [-0.05, 0) is 44.5 Å². The molecule has 0 spiro atoms. The zero-order valence-corrected chi connectivity index (χ0v) is 23.4. The third kappa shape index (κ3) is 6.03. The molecule has 6 rings (SSSR count). The predicted molar refractivity (Wildman–Crippen MR) is 147 cm³/mol. The van der Waals surface area contributed by atoms with Gasteiger partial charge in [-0.3, -0.25) is 33.8 Å². The number of hydrogen-bond donors (Lipinski definition) is 3. The molecule has 0 radical (unpaired) electrons. The van der Waals surface area contributed by atoms with Gasteiger partial charge in [0.1, 0.15) is 6.04 Å². The number of imide groups is 1. The van der Waals surface area contributed by atoms with Gasteiger partial charge in [-0.25, -0.2) is 9.59 Å². The summed E-state index contributed by atoms with van der Waals surface area (Å²) in [6, 6.07) is 6.70. The number of amides is 2. The Labute approximate surface area is 240 Å². The highest BCUT2D eigenvalue weighted by Crippen LogP contribution is 2.31. The summed E-state index contributed by atoms with van der Waals surface area (Å²) < 4.78 is 35.0. The van der Waals surface area contributed by atoms with Crippen molar-refractivity contribution in [2.75, 3.05) is 57.3 Å². The number of aryl methyl sites for hydroxylation is 1. The number of nitrogens with zero attached hydrogens (tertiary/aromatic N) is 5. The Morgan fingerprint density at radius 1 is 0.952 bits per heavy atom. The van der Waals surface area contributed by atoms with E-state index in [9.17, 15) is 27.6 Å². The molecule has 1 aromatic carbocycles. The van der Waals surface area contributed by atoms with E-state index in [1.807, 2.05) is 12.1 Å². The highest BCUT2D eigenvalue weighted by atomic mass is 19.4. The number of carboxylic acid groups (broad SMARTS) is 1. The van der Waals surface area contributed by atoms with Crippen molar-refractivity contribution in [3.05, 3.63) is 28.7 Å². The van der Waals surface area contributed by atoms with E-state index in [1.54, 1.807) is 16.2 Å². The molecule has 2 amide bonds. The number of alkyl halides is 3. The fourth-order valence-corrected chi connectivity index (χ4v) is 6.42. The summed E-state index contributed by atoms with van der Waals surface area (Å²) in [7, 11) is 1.77. The number of aliphatic carboxylic acids is 1. The summed E-state index contributed by atoms with van der Waals surface area (Å²) in [4.78, 5) is 53.9. The van der Waals surface area contributed by atoms with Crippen molar-refractivity contribution >= 4 is 34.5 Å². The third-order valence-corrected chi connectivity index (χ3v) is 8.73. The van der Waals surface area contributed by atoms with E-state index in [0.29, 0.717) is 12.5 Å². The Morgan fingerprint density at radius 3 is 2.19 bits per heavy atom. The van der Waals surface area contributed by atoms with Crippen LogP contribution in [-0.4, -0.2) is 112 Å². The van der Waals surface area contributed by atoms with Crippen molar-refractivity contribution in [2.45, 2.75) is 50.0 Å². The molecule has 1 atom stereocenters. The maximum Gasteiger partial charge on any atom is 0.490 e. The van der Waals surface area contributed by atoms with Crippen LogP contribution in [0.4, 0.5) is 18.9 Å². The number of para-hydroxylation sites is 1. The zero-order valence-electron chi connectivity index (χ0n) is 23.4. The number of fused-ring (bicyclic) bond motifs is 1. The number of hydrogen-bond acceptors (Lipinski definition) is 8. The van der Waals surface area contributed by atoms with Crippen LogP contribution in [0.15, 0.2) is 23.0 Å². The molecule has 4 saturated heterocycles. The molecule has 42 heavy (non-hydrogen) atoms. The van der Waals surface area contributed by atoms with Crippen LogP contribution in [0.5, 0.6) is 0 Å². The molecule has 0 bridgehead atoms. The van der Waals surface area contributed by atoms with Gasteiger partial charge in [0.2, 0.25) is 11.8 Å². The van der Waals surface area contributed by atoms with Crippen LogP contribution in [0.1, 0.15) is 31.7 Å². The molecule has 15 heteroatoms. The Morgan fingerprint density at radius 2 is 1.60 bits per heavy atom. The average Bonchev–Trinajstić information content (AvgIpc) is 3.18. The van der Waals surface area contributed by atoms with Crippen LogP contribution in [0.25, 0.3) is 11.0 Å². The van der Waals surface area contributed by atoms with E-state index in [4.69, 9.17) is 9.90 Å². The van der Waals surface area contributed by atoms with Gasteiger partial charge in [0.25, 0.3) is 0 Å². The molecular formula is C27H36F3N7O5. The monoisotopic (exact) mass is 595 g/mol. The Hall–Kier alpha value is -3.43. The number of carbonyl (C=O) groups is 3. The van der Waals surface area contributed by atoms with Crippen molar-refractivity contribution in [3.8, 4) is 0 Å². The maximum absolute atomic E-state index is 13.2. The van der Waals surface area contributed by atoms with Crippen LogP contribution in [-0.2, 0) is 21.4 Å². The fourth-order valence-electron chi connectivity index (χ4n) is 6.42. The molecule has 2 aromatic rings. The van der Waals surface area contributed by atoms with Gasteiger partial charge < -0.3 is 15.3 Å². The van der Waals surface area contributed by atoms with E-state index in [2.05, 4.69) is 31.4 Å². The van der Waals surface area contributed by atoms with Crippen LogP contribution in [0.2, 0.25) is 0 Å². The van der Waals surface area contributed by atoms with Gasteiger partial charge in [-0.1, -0.05) is 6.07 Å². The molecule has 4 aliphatic heterocycles. The van der Waals surface area contributed by atoms with Crippen molar-refractivity contribution in [2.24, 2.45) is 7.05 Å². The minimum Gasteiger partial charge on any atom is -0.475 e. The van der Waals surface area contributed by atoms with Gasteiger partial charge in [-0.15, -0.1) is 0 Å². The zero-order chi connectivity index (χ0) is 30.2. The summed E-state index contributed by atoms with van der Waals surface area (Å²) in [5, 5.41) is 13.0. The van der Waals surface area contributed by atoms with E-state index in [-0.39, 0.29) is 18.0 Å². The molecule has 0 saturated carbocycles. The lowest BCUT2D eigenvalue weighted by atomic mass is 9.97. The summed E-state index contributed by atoms with van der Waals surface area (Å²) in [5.41, 5.74) is 2.44. The Balaban J connectivity index is 0.000000451. The second kappa shape index (κ2) is 12.1. The molecule has 5 heterocycles. The first-order valence-corrected chi connectivity index (χ1v) is 14.2. The van der Waals surface area contributed by atoms with Crippen molar-refractivity contribution in [3.63, 3.8) is 0 Å². The first-order chi connectivity index (χ1) is 20.0. The number of imidazole rings is 1. The number of piperazine rings is 1. The highest BCUT2D eigenvalue weighted by molar-refractivity contribution is 6.00. The van der Waals surface area contributed by atoms with Crippen LogP contribution >= 0.6 is 0 Å². The number of aromatic nitrogens is 2. The molecule has 1 unspecified atom stereocenters. The SMILES string of the molecule is Cn1c(=O)n(C2CCC(=O)NC2=O)c2cccc(N3CCN(C4CN(C5CCNCC5)C4)CC3)c21.O=C(O)C(F)(F)F. The lowest BCUT2D eigenvalue weighted by Crippen LogP contribution is -2.65. The number of likely N-dealkylation sites (tertiary alicyclic amines) is 1. The predicted octanol–water partition coefficient (Wildman–Crippen LogP) is 0.509. The smallest absolute Gasteiger partial charge is 0.475 e. The number of rotatable bonds is 4. The fraction of sp³-hybridized carbons (Fsp3) is 0.630. The normalized spacial score (nSPS) is 23.3. The number of halogens is 3.